The number of rotatable bonds is 3. The summed E-state index contributed by atoms with van der Waals surface area (Å²) in [5.74, 6) is -0.351. The fourth-order valence-corrected chi connectivity index (χ4v) is 4.15. The van der Waals surface area contributed by atoms with Crippen LogP contribution in [-0.4, -0.2) is 15.2 Å². The Balaban J connectivity index is 1.99. The van der Waals surface area contributed by atoms with Crippen LogP contribution in [0.15, 0.2) is 41.3 Å². The SMILES string of the molecule is O=C1/C(=C\c2cc([N+](=O)[O-])c(Cl)cc2Cl)SC(=S)N1c1ccc(Cl)cc1. The van der Waals surface area contributed by atoms with Gasteiger partial charge < -0.3 is 0 Å². The first-order valence-electron chi connectivity index (χ1n) is 6.95. The van der Waals surface area contributed by atoms with Crippen LogP contribution in [0, 0.1) is 10.1 Å². The number of thioether (sulfide) groups is 1. The molecule has 0 N–H and O–H groups in total. The number of carbonyl (C=O) groups excluding carboxylic acids is 1. The predicted octanol–water partition coefficient (Wildman–Crippen LogP) is 5.96. The average Bonchev–Trinajstić information content (AvgIpc) is 2.84. The van der Waals surface area contributed by atoms with E-state index >= 15 is 0 Å². The molecule has 26 heavy (non-hydrogen) atoms. The third-order valence-corrected chi connectivity index (χ3v) is 5.61. The summed E-state index contributed by atoms with van der Waals surface area (Å²) >= 11 is 24.1. The quantitative estimate of drug-likeness (QED) is 0.252. The average molecular weight is 446 g/mol. The lowest BCUT2D eigenvalue weighted by Crippen LogP contribution is -2.27. The molecule has 2 aromatic rings. The summed E-state index contributed by atoms with van der Waals surface area (Å²) in [6.07, 6.45) is 1.46. The Morgan fingerprint density at radius 1 is 1.12 bits per heavy atom. The van der Waals surface area contributed by atoms with Gasteiger partial charge in [0.25, 0.3) is 11.6 Å². The van der Waals surface area contributed by atoms with Gasteiger partial charge in [0.1, 0.15) is 5.02 Å². The van der Waals surface area contributed by atoms with Crippen LogP contribution in [0.4, 0.5) is 11.4 Å². The molecule has 1 amide bonds. The second-order valence-electron chi connectivity index (χ2n) is 5.08. The Labute approximate surface area is 172 Å². The van der Waals surface area contributed by atoms with Gasteiger partial charge in [-0.25, -0.2) is 0 Å². The molecule has 1 fully saturated rings. The zero-order valence-electron chi connectivity index (χ0n) is 12.6. The molecule has 0 saturated carbocycles. The number of hydrogen-bond acceptors (Lipinski definition) is 5. The topological polar surface area (TPSA) is 63.4 Å². The summed E-state index contributed by atoms with van der Waals surface area (Å²) in [6, 6.07) is 9.15. The molecule has 1 aliphatic heterocycles. The van der Waals surface area contributed by atoms with Crippen LogP contribution in [0.2, 0.25) is 15.1 Å². The Hall–Kier alpha value is -1.64. The van der Waals surface area contributed by atoms with E-state index in [1.165, 1.54) is 23.1 Å². The van der Waals surface area contributed by atoms with E-state index in [4.69, 9.17) is 47.0 Å². The molecule has 0 aromatic heterocycles. The fourth-order valence-electron chi connectivity index (χ4n) is 2.23. The highest BCUT2D eigenvalue weighted by molar-refractivity contribution is 8.27. The summed E-state index contributed by atoms with van der Waals surface area (Å²) in [4.78, 5) is 24.8. The molecule has 1 saturated heterocycles. The minimum absolute atomic E-state index is 0.0779. The third kappa shape index (κ3) is 3.72. The molecule has 0 spiro atoms. The molecule has 132 valence electrons. The highest BCUT2D eigenvalue weighted by Crippen LogP contribution is 2.38. The number of benzene rings is 2. The zero-order valence-corrected chi connectivity index (χ0v) is 16.5. The summed E-state index contributed by atoms with van der Waals surface area (Å²) in [5, 5.41) is 11.7. The highest BCUT2D eigenvalue weighted by Gasteiger charge is 2.33. The molecular weight excluding hydrogens is 439 g/mol. The molecule has 5 nitrogen and oxygen atoms in total. The molecule has 10 heteroatoms. The molecule has 0 unspecified atom stereocenters. The number of nitro benzene ring substituents is 1. The maximum Gasteiger partial charge on any atom is 0.288 e. The number of anilines is 1. The monoisotopic (exact) mass is 444 g/mol. The minimum atomic E-state index is -0.616. The van der Waals surface area contributed by atoms with E-state index < -0.39 is 4.92 Å². The predicted molar refractivity (Wildman–Crippen MR) is 110 cm³/mol. The number of halogens is 3. The normalized spacial score (nSPS) is 15.8. The van der Waals surface area contributed by atoms with Gasteiger partial charge in [0.15, 0.2) is 4.32 Å². The summed E-state index contributed by atoms with van der Waals surface area (Å²) in [6.45, 7) is 0. The van der Waals surface area contributed by atoms with Crippen molar-refractivity contribution in [1.29, 1.82) is 0 Å². The fraction of sp³-hybridized carbons (Fsp3) is 0. The molecular formula is C16H7Cl3N2O3S2. The van der Waals surface area contributed by atoms with E-state index in [9.17, 15) is 14.9 Å². The first-order chi connectivity index (χ1) is 12.3. The van der Waals surface area contributed by atoms with E-state index in [0.717, 1.165) is 11.8 Å². The van der Waals surface area contributed by atoms with Crippen molar-refractivity contribution in [2.24, 2.45) is 0 Å². The van der Waals surface area contributed by atoms with Crippen molar-refractivity contribution in [1.82, 2.24) is 0 Å². The number of amides is 1. The van der Waals surface area contributed by atoms with Crippen LogP contribution in [-0.2, 0) is 4.79 Å². The number of carbonyl (C=O) groups is 1. The van der Waals surface area contributed by atoms with Gasteiger partial charge >= 0.3 is 0 Å². The first-order valence-corrected chi connectivity index (χ1v) is 9.31. The molecule has 1 aliphatic rings. The van der Waals surface area contributed by atoms with Gasteiger partial charge in [-0.15, -0.1) is 0 Å². The lowest BCUT2D eigenvalue weighted by atomic mass is 10.1. The smallest absolute Gasteiger partial charge is 0.268 e. The standard InChI is InChI=1S/C16H7Cl3N2O3S2/c17-9-1-3-10(4-2-9)20-15(22)14(26-16(20)25)6-8-5-13(21(23)24)12(19)7-11(8)18/h1-7H/b14-6+. The van der Waals surface area contributed by atoms with Crippen molar-refractivity contribution in [3.8, 4) is 0 Å². The number of nitrogens with zero attached hydrogens (tertiary/aromatic N) is 2. The summed E-state index contributed by atoms with van der Waals surface area (Å²) < 4.78 is 0.336. The second kappa shape index (κ2) is 7.54. The Morgan fingerprint density at radius 2 is 1.77 bits per heavy atom. The maximum absolute atomic E-state index is 12.7. The molecule has 0 radical (unpaired) electrons. The van der Waals surface area contributed by atoms with Crippen LogP contribution >= 0.6 is 58.8 Å². The number of thiocarbonyl (C=S) groups is 1. The van der Waals surface area contributed by atoms with E-state index in [1.807, 2.05) is 0 Å². The van der Waals surface area contributed by atoms with Gasteiger partial charge in [-0.3, -0.25) is 19.8 Å². The Kier molecular flexibility index (Phi) is 5.55. The summed E-state index contributed by atoms with van der Waals surface area (Å²) in [5.41, 5.74) is 0.586. The van der Waals surface area contributed by atoms with Crippen molar-refractivity contribution in [2.45, 2.75) is 0 Å². The lowest BCUT2D eigenvalue weighted by Gasteiger charge is -2.14. The first kappa shape index (κ1) is 19.1. The van der Waals surface area contributed by atoms with E-state index in [-0.39, 0.29) is 21.6 Å². The minimum Gasteiger partial charge on any atom is -0.268 e. The zero-order chi connectivity index (χ0) is 19.0. The van der Waals surface area contributed by atoms with Gasteiger partial charge in [0, 0.05) is 21.7 Å². The molecule has 1 heterocycles. The molecule has 2 aromatic carbocycles. The molecule has 0 atom stereocenters. The van der Waals surface area contributed by atoms with Crippen LogP contribution in [0.5, 0.6) is 0 Å². The largest absolute Gasteiger partial charge is 0.288 e. The van der Waals surface area contributed by atoms with Gasteiger partial charge in [0.2, 0.25) is 0 Å². The van der Waals surface area contributed by atoms with E-state index in [0.29, 0.717) is 25.5 Å². The number of hydrogen-bond donors (Lipinski definition) is 0. The van der Waals surface area contributed by atoms with Gasteiger partial charge in [-0.2, -0.15) is 0 Å². The van der Waals surface area contributed by atoms with Crippen molar-refractivity contribution in [3.63, 3.8) is 0 Å². The van der Waals surface area contributed by atoms with Crippen molar-refractivity contribution < 1.29 is 9.72 Å². The number of nitro groups is 1. The van der Waals surface area contributed by atoms with Crippen LogP contribution in [0.25, 0.3) is 6.08 Å². The van der Waals surface area contributed by atoms with E-state index in [1.54, 1.807) is 24.3 Å². The second-order valence-corrected chi connectivity index (χ2v) is 8.00. The Morgan fingerprint density at radius 3 is 2.38 bits per heavy atom. The van der Waals surface area contributed by atoms with Crippen molar-refractivity contribution in [2.75, 3.05) is 4.90 Å². The van der Waals surface area contributed by atoms with Crippen LogP contribution < -0.4 is 4.90 Å². The van der Waals surface area contributed by atoms with Gasteiger partial charge in [-0.05, 0) is 36.4 Å². The van der Waals surface area contributed by atoms with Crippen LogP contribution in [0.1, 0.15) is 5.56 Å². The molecule has 0 bridgehead atoms. The highest BCUT2D eigenvalue weighted by atomic mass is 35.5. The third-order valence-electron chi connectivity index (χ3n) is 3.43. The van der Waals surface area contributed by atoms with Crippen LogP contribution in [0.3, 0.4) is 0 Å². The summed E-state index contributed by atoms with van der Waals surface area (Å²) in [7, 11) is 0. The Bertz CT molecular complexity index is 977. The van der Waals surface area contributed by atoms with E-state index in [2.05, 4.69) is 0 Å². The van der Waals surface area contributed by atoms with Crippen molar-refractivity contribution >= 4 is 86.5 Å². The molecule has 3 rings (SSSR count). The van der Waals surface area contributed by atoms with Gasteiger partial charge in [0.05, 0.1) is 15.5 Å². The lowest BCUT2D eigenvalue weighted by molar-refractivity contribution is -0.384. The maximum atomic E-state index is 12.7. The molecule has 0 aliphatic carbocycles. The van der Waals surface area contributed by atoms with Crippen molar-refractivity contribution in [3.05, 3.63) is 72.0 Å². The van der Waals surface area contributed by atoms with Gasteiger partial charge in [-0.1, -0.05) is 58.8 Å².